The Balaban J connectivity index is 2.10. The molecular weight excluding hydrogens is 166 g/mol. The summed E-state index contributed by atoms with van der Waals surface area (Å²) in [6.07, 6.45) is 4.80. The first-order valence-corrected chi connectivity index (χ1v) is 4.50. The molecule has 0 radical (unpaired) electrons. The Bertz CT molecular complexity index is 235. The fourth-order valence-corrected chi connectivity index (χ4v) is 1.11. The lowest BCUT2D eigenvalue weighted by Crippen LogP contribution is -2.18. The van der Waals surface area contributed by atoms with Crippen LogP contribution in [0.1, 0.15) is 12.2 Å². The number of nitrogens with zero attached hydrogens (tertiary/aromatic N) is 2. The van der Waals surface area contributed by atoms with Crippen LogP contribution in [0.4, 0.5) is 0 Å². The third-order valence-corrected chi connectivity index (χ3v) is 1.91. The number of methoxy groups -OCH3 is 1. The second-order valence-corrected chi connectivity index (χ2v) is 2.98. The summed E-state index contributed by atoms with van der Waals surface area (Å²) in [6.45, 7) is 2.61. The van der Waals surface area contributed by atoms with Crippen LogP contribution in [0.3, 0.4) is 0 Å². The van der Waals surface area contributed by atoms with E-state index in [1.165, 1.54) is 0 Å². The molecule has 1 rings (SSSR count). The number of hydrogen-bond donors (Lipinski definition) is 1. The molecule has 0 aliphatic carbocycles. The Kier molecular flexibility index (Phi) is 4.49. The van der Waals surface area contributed by atoms with E-state index in [1.54, 1.807) is 7.11 Å². The van der Waals surface area contributed by atoms with Gasteiger partial charge in [0.15, 0.2) is 0 Å². The Morgan fingerprint density at radius 3 is 3.08 bits per heavy atom. The largest absolute Gasteiger partial charge is 0.385 e. The molecule has 0 unspecified atom stereocenters. The van der Waals surface area contributed by atoms with Crippen molar-refractivity contribution in [1.29, 1.82) is 0 Å². The smallest absolute Gasteiger partial charge is 0.122 e. The van der Waals surface area contributed by atoms with Gasteiger partial charge in [0.1, 0.15) is 5.82 Å². The van der Waals surface area contributed by atoms with Crippen LogP contribution >= 0.6 is 0 Å². The number of aromatic nitrogens is 2. The Morgan fingerprint density at radius 2 is 2.46 bits per heavy atom. The van der Waals surface area contributed by atoms with E-state index < -0.39 is 0 Å². The second kappa shape index (κ2) is 5.72. The first-order valence-electron chi connectivity index (χ1n) is 4.50. The van der Waals surface area contributed by atoms with Crippen molar-refractivity contribution in [3.8, 4) is 0 Å². The van der Waals surface area contributed by atoms with Crippen LogP contribution in [-0.4, -0.2) is 29.8 Å². The molecule has 4 nitrogen and oxygen atoms in total. The van der Waals surface area contributed by atoms with Crippen molar-refractivity contribution in [2.45, 2.75) is 13.0 Å². The molecule has 1 N–H and O–H groups in total. The van der Waals surface area contributed by atoms with Gasteiger partial charge in [0.2, 0.25) is 0 Å². The highest BCUT2D eigenvalue weighted by Crippen LogP contribution is 1.92. The van der Waals surface area contributed by atoms with E-state index in [0.717, 1.165) is 31.9 Å². The monoisotopic (exact) mass is 183 g/mol. The van der Waals surface area contributed by atoms with Crippen molar-refractivity contribution in [2.75, 3.05) is 20.3 Å². The van der Waals surface area contributed by atoms with E-state index in [4.69, 9.17) is 4.74 Å². The molecule has 0 bridgehead atoms. The highest BCUT2D eigenvalue weighted by molar-refractivity contribution is 4.90. The van der Waals surface area contributed by atoms with E-state index in [-0.39, 0.29) is 0 Å². The van der Waals surface area contributed by atoms with Crippen molar-refractivity contribution in [2.24, 2.45) is 7.05 Å². The molecule has 4 heteroatoms. The molecule has 0 saturated heterocycles. The predicted molar refractivity (Wildman–Crippen MR) is 51.4 cm³/mol. The van der Waals surface area contributed by atoms with Gasteiger partial charge in [-0.05, 0) is 13.0 Å². The van der Waals surface area contributed by atoms with Gasteiger partial charge in [0.05, 0.1) is 6.54 Å². The van der Waals surface area contributed by atoms with Crippen LogP contribution in [0.15, 0.2) is 12.4 Å². The Hall–Kier alpha value is -0.870. The van der Waals surface area contributed by atoms with Gasteiger partial charge in [-0.2, -0.15) is 0 Å². The first-order chi connectivity index (χ1) is 6.34. The number of imidazole rings is 1. The summed E-state index contributed by atoms with van der Waals surface area (Å²) in [4.78, 5) is 4.20. The molecule has 0 aromatic carbocycles. The summed E-state index contributed by atoms with van der Waals surface area (Å²) < 4.78 is 6.96. The number of rotatable bonds is 6. The zero-order valence-corrected chi connectivity index (χ0v) is 8.29. The van der Waals surface area contributed by atoms with E-state index in [2.05, 4.69) is 10.3 Å². The van der Waals surface area contributed by atoms with Crippen LogP contribution in [0, 0.1) is 0 Å². The molecule has 74 valence electrons. The minimum atomic E-state index is 0.813. The quantitative estimate of drug-likeness (QED) is 0.654. The van der Waals surface area contributed by atoms with Crippen molar-refractivity contribution in [1.82, 2.24) is 14.9 Å². The lowest BCUT2D eigenvalue weighted by atomic mass is 10.4. The fraction of sp³-hybridized carbons (Fsp3) is 0.667. The van der Waals surface area contributed by atoms with E-state index in [0.29, 0.717) is 0 Å². The highest BCUT2D eigenvalue weighted by Gasteiger charge is 1.96. The molecule has 0 saturated carbocycles. The third kappa shape index (κ3) is 3.57. The van der Waals surface area contributed by atoms with E-state index in [1.807, 2.05) is 24.0 Å². The maximum Gasteiger partial charge on any atom is 0.122 e. The average molecular weight is 183 g/mol. The average Bonchev–Trinajstić information content (AvgIpc) is 2.52. The normalized spacial score (nSPS) is 10.6. The predicted octanol–water partition coefficient (Wildman–Crippen LogP) is 0.546. The van der Waals surface area contributed by atoms with Gasteiger partial charge in [-0.3, -0.25) is 0 Å². The van der Waals surface area contributed by atoms with Gasteiger partial charge in [0, 0.05) is 33.2 Å². The van der Waals surface area contributed by atoms with Crippen LogP contribution in [0.5, 0.6) is 0 Å². The van der Waals surface area contributed by atoms with Crippen LogP contribution in [0.2, 0.25) is 0 Å². The lowest BCUT2D eigenvalue weighted by molar-refractivity contribution is 0.194. The SMILES string of the molecule is COCCCNCc1nccn1C. The third-order valence-electron chi connectivity index (χ3n) is 1.91. The number of hydrogen-bond acceptors (Lipinski definition) is 3. The van der Waals surface area contributed by atoms with Gasteiger partial charge >= 0.3 is 0 Å². The summed E-state index contributed by atoms with van der Waals surface area (Å²) >= 11 is 0. The van der Waals surface area contributed by atoms with Gasteiger partial charge in [0.25, 0.3) is 0 Å². The lowest BCUT2D eigenvalue weighted by Gasteiger charge is -2.03. The zero-order chi connectivity index (χ0) is 9.52. The second-order valence-electron chi connectivity index (χ2n) is 2.98. The van der Waals surface area contributed by atoms with Gasteiger partial charge < -0.3 is 14.6 Å². The summed E-state index contributed by atoms with van der Waals surface area (Å²) in [6, 6.07) is 0. The summed E-state index contributed by atoms with van der Waals surface area (Å²) in [7, 11) is 3.72. The molecule has 13 heavy (non-hydrogen) atoms. The van der Waals surface area contributed by atoms with Crippen molar-refractivity contribution in [3.05, 3.63) is 18.2 Å². The van der Waals surface area contributed by atoms with E-state index >= 15 is 0 Å². The maximum atomic E-state index is 4.94. The molecule has 1 heterocycles. The molecule has 1 aromatic rings. The molecule has 0 aliphatic rings. The van der Waals surface area contributed by atoms with E-state index in [9.17, 15) is 0 Å². The highest BCUT2D eigenvalue weighted by atomic mass is 16.5. The van der Waals surface area contributed by atoms with Crippen molar-refractivity contribution in [3.63, 3.8) is 0 Å². The van der Waals surface area contributed by atoms with Crippen LogP contribution < -0.4 is 5.32 Å². The molecule has 0 fully saturated rings. The molecular formula is C9H17N3O. The maximum absolute atomic E-state index is 4.94. The molecule has 0 spiro atoms. The summed E-state index contributed by atoms with van der Waals surface area (Å²) in [5.74, 6) is 1.07. The fourth-order valence-electron chi connectivity index (χ4n) is 1.11. The summed E-state index contributed by atoms with van der Waals surface area (Å²) in [5.41, 5.74) is 0. The summed E-state index contributed by atoms with van der Waals surface area (Å²) in [5, 5.41) is 3.30. The van der Waals surface area contributed by atoms with Gasteiger partial charge in [-0.1, -0.05) is 0 Å². The van der Waals surface area contributed by atoms with Crippen LogP contribution in [0.25, 0.3) is 0 Å². The Labute approximate surface area is 78.9 Å². The van der Waals surface area contributed by atoms with Crippen molar-refractivity contribution < 1.29 is 4.74 Å². The first kappa shape index (κ1) is 10.2. The number of nitrogens with one attached hydrogen (secondary N) is 1. The van der Waals surface area contributed by atoms with Crippen LogP contribution in [-0.2, 0) is 18.3 Å². The molecule has 0 amide bonds. The number of aryl methyl sites for hydroxylation is 1. The Morgan fingerprint density at radius 1 is 1.62 bits per heavy atom. The topological polar surface area (TPSA) is 39.1 Å². The molecule has 0 aliphatic heterocycles. The zero-order valence-electron chi connectivity index (χ0n) is 8.29. The standard InChI is InChI=1S/C9H17N3O/c1-12-6-5-11-9(12)8-10-4-3-7-13-2/h5-6,10H,3-4,7-8H2,1-2H3. The minimum Gasteiger partial charge on any atom is -0.385 e. The van der Waals surface area contributed by atoms with Gasteiger partial charge in [-0.25, -0.2) is 4.98 Å². The van der Waals surface area contributed by atoms with Crippen molar-refractivity contribution >= 4 is 0 Å². The molecule has 0 atom stereocenters. The van der Waals surface area contributed by atoms with Gasteiger partial charge in [-0.15, -0.1) is 0 Å². The minimum absolute atomic E-state index is 0.813. The number of ether oxygens (including phenoxy) is 1. The molecule has 1 aromatic heterocycles.